The molecule has 0 saturated carbocycles. The van der Waals surface area contributed by atoms with E-state index < -0.39 is 0 Å². The molecule has 0 bridgehead atoms. The van der Waals surface area contributed by atoms with Gasteiger partial charge < -0.3 is 5.32 Å². The van der Waals surface area contributed by atoms with E-state index in [-0.39, 0.29) is 0 Å². The lowest BCUT2D eigenvalue weighted by Gasteiger charge is -2.18. The Balaban J connectivity index is 1.91. The first-order valence-electron chi connectivity index (χ1n) is 6.99. The minimum atomic E-state index is 0.344. The van der Waals surface area contributed by atoms with Gasteiger partial charge >= 0.3 is 0 Å². The van der Waals surface area contributed by atoms with Crippen LogP contribution in [0.1, 0.15) is 42.5 Å². The van der Waals surface area contributed by atoms with Crippen molar-refractivity contribution in [2.45, 2.75) is 25.8 Å². The zero-order valence-electron chi connectivity index (χ0n) is 12.0. The van der Waals surface area contributed by atoms with Crippen molar-refractivity contribution in [1.82, 2.24) is 5.32 Å². The SMILES string of the molecule is CC(CN[C@H](C)c1ccccc1)c1ccc(C#N)cc1. The maximum absolute atomic E-state index is 8.81. The highest BCUT2D eigenvalue weighted by molar-refractivity contribution is 5.33. The summed E-state index contributed by atoms with van der Waals surface area (Å²) in [5.41, 5.74) is 3.28. The van der Waals surface area contributed by atoms with Crippen LogP contribution < -0.4 is 5.32 Å². The second-order valence-corrected chi connectivity index (χ2v) is 5.18. The molecule has 0 spiro atoms. The van der Waals surface area contributed by atoms with E-state index >= 15 is 0 Å². The molecule has 0 fully saturated rings. The first kappa shape index (κ1) is 14.3. The first-order chi connectivity index (χ1) is 9.70. The van der Waals surface area contributed by atoms with Crippen LogP contribution in [0.4, 0.5) is 0 Å². The van der Waals surface area contributed by atoms with Gasteiger partial charge in [0.05, 0.1) is 11.6 Å². The molecule has 2 rings (SSSR count). The lowest BCUT2D eigenvalue weighted by molar-refractivity contribution is 0.537. The standard InChI is InChI=1S/C18H20N2/c1-14(17-10-8-16(12-19)9-11-17)13-20-15(2)18-6-4-3-5-7-18/h3-11,14-15,20H,13H2,1-2H3/t14?,15-/m1/s1. The molecule has 2 heteroatoms. The molecule has 2 atom stereocenters. The number of rotatable bonds is 5. The Kier molecular flexibility index (Phi) is 4.92. The van der Waals surface area contributed by atoms with Gasteiger partial charge in [-0.25, -0.2) is 0 Å². The van der Waals surface area contributed by atoms with Crippen molar-refractivity contribution < 1.29 is 0 Å². The van der Waals surface area contributed by atoms with Crippen molar-refractivity contribution in [3.8, 4) is 6.07 Å². The van der Waals surface area contributed by atoms with Crippen molar-refractivity contribution in [3.05, 3.63) is 71.3 Å². The molecule has 0 aliphatic heterocycles. The molecule has 1 N–H and O–H groups in total. The number of hydrogen-bond acceptors (Lipinski definition) is 2. The van der Waals surface area contributed by atoms with Gasteiger partial charge in [0.25, 0.3) is 0 Å². The lowest BCUT2D eigenvalue weighted by Crippen LogP contribution is -2.23. The molecule has 0 aromatic heterocycles. The van der Waals surface area contributed by atoms with Gasteiger partial charge in [-0.15, -0.1) is 0 Å². The first-order valence-corrected chi connectivity index (χ1v) is 6.99. The van der Waals surface area contributed by atoms with Gasteiger partial charge in [0.1, 0.15) is 0 Å². The Morgan fingerprint density at radius 2 is 1.60 bits per heavy atom. The van der Waals surface area contributed by atoms with Crippen LogP contribution >= 0.6 is 0 Å². The van der Waals surface area contributed by atoms with Crippen LogP contribution in [-0.2, 0) is 0 Å². The van der Waals surface area contributed by atoms with E-state index in [1.807, 2.05) is 30.3 Å². The highest BCUT2D eigenvalue weighted by Crippen LogP contribution is 2.17. The summed E-state index contributed by atoms with van der Waals surface area (Å²) in [6, 6.07) is 20.8. The zero-order valence-corrected chi connectivity index (χ0v) is 12.0. The van der Waals surface area contributed by atoms with Crippen molar-refractivity contribution in [2.24, 2.45) is 0 Å². The minimum absolute atomic E-state index is 0.344. The molecule has 2 aromatic rings. The number of hydrogen-bond donors (Lipinski definition) is 1. The van der Waals surface area contributed by atoms with Crippen LogP contribution in [0.3, 0.4) is 0 Å². The third kappa shape index (κ3) is 3.69. The smallest absolute Gasteiger partial charge is 0.0991 e. The average molecular weight is 264 g/mol. The number of nitriles is 1. The zero-order chi connectivity index (χ0) is 14.4. The highest BCUT2D eigenvalue weighted by atomic mass is 14.9. The molecule has 0 heterocycles. The van der Waals surface area contributed by atoms with Crippen molar-refractivity contribution in [1.29, 1.82) is 5.26 Å². The molecule has 0 aliphatic carbocycles. The second kappa shape index (κ2) is 6.88. The molecule has 102 valence electrons. The Hall–Kier alpha value is -2.11. The average Bonchev–Trinajstić information content (AvgIpc) is 2.53. The number of benzene rings is 2. The van der Waals surface area contributed by atoms with Crippen LogP contribution in [0.15, 0.2) is 54.6 Å². The third-order valence-electron chi connectivity index (χ3n) is 3.64. The van der Waals surface area contributed by atoms with Crippen LogP contribution in [0.5, 0.6) is 0 Å². The van der Waals surface area contributed by atoms with Gasteiger partial charge in [0, 0.05) is 12.6 Å². The van der Waals surface area contributed by atoms with Gasteiger partial charge in [-0.05, 0) is 36.1 Å². The maximum atomic E-state index is 8.81. The van der Waals surface area contributed by atoms with E-state index in [4.69, 9.17) is 5.26 Å². The van der Waals surface area contributed by atoms with E-state index in [0.29, 0.717) is 17.5 Å². The van der Waals surface area contributed by atoms with Crippen molar-refractivity contribution >= 4 is 0 Å². The minimum Gasteiger partial charge on any atom is -0.310 e. The molecule has 20 heavy (non-hydrogen) atoms. The van der Waals surface area contributed by atoms with Crippen molar-refractivity contribution in [2.75, 3.05) is 6.54 Å². The number of nitrogens with one attached hydrogen (secondary N) is 1. The highest BCUT2D eigenvalue weighted by Gasteiger charge is 2.09. The summed E-state index contributed by atoms with van der Waals surface area (Å²) < 4.78 is 0. The van der Waals surface area contributed by atoms with E-state index in [9.17, 15) is 0 Å². The third-order valence-corrected chi connectivity index (χ3v) is 3.64. The molecular weight excluding hydrogens is 244 g/mol. The molecule has 0 amide bonds. The number of nitrogens with zero attached hydrogens (tertiary/aromatic N) is 1. The summed E-state index contributed by atoms with van der Waals surface area (Å²) in [6.07, 6.45) is 0. The van der Waals surface area contributed by atoms with Crippen LogP contribution in [0, 0.1) is 11.3 Å². The van der Waals surface area contributed by atoms with Gasteiger partial charge in [0.15, 0.2) is 0 Å². The molecule has 0 aliphatic rings. The fourth-order valence-corrected chi connectivity index (χ4v) is 2.22. The van der Waals surface area contributed by atoms with Crippen LogP contribution in [0.25, 0.3) is 0 Å². The summed E-state index contributed by atoms with van der Waals surface area (Å²) >= 11 is 0. The fraction of sp³-hybridized carbons (Fsp3) is 0.278. The molecule has 1 unspecified atom stereocenters. The quantitative estimate of drug-likeness (QED) is 0.885. The van der Waals surface area contributed by atoms with Crippen LogP contribution in [-0.4, -0.2) is 6.54 Å². The van der Waals surface area contributed by atoms with Gasteiger partial charge in [-0.1, -0.05) is 49.4 Å². The normalized spacial score (nSPS) is 13.4. The van der Waals surface area contributed by atoms with E-state index in [1.54, 1.807) is 0 Å². The topological polar surface area (TPSA) is 35.8 Å². The predicted octanol–water partition coefficient (Wildman–Crippen LogP) is 4.01. The largest absolute Gasteiger partial charge is 0.310 e. The summed E-state index contributed by atoms with van der Waals surface area (Å²) in [6.45, 7) is 5.30. The Morgan fingerprint density at radius 3 is 2.20 bits per heavy atom. The molecule has 2 aromatic carbocycles. The van der Waals surface area contributed by atoms with Crippen LogP contribution in [0.2, 0.25) is 0 Å². The van der Waals surface area contributed by atoms with Gasteiger partial charge in [-0.3, -0.25) is 0 Å². The van der Waals surface area contributed by atoms with E-state index in [1.165, 1.54) is 11.1 Å². The van der Waals surface area contributed by atoms with E-state index in [0.717, 1.165) is 6.54 Å². The Bertz CT molecular complexity index is 567. The lowest BCUT2D eigenvalue weighted by atomic mass is 9.99. The molecule has 2 nitrogen and oxygen atoms in total. The maximum Gasteiger partial charge on any atom is 0.0991 e. The Labute approximate surface area is 121 Å². The monoisotopic (exact) mass is 264 g/mol. The summed E-state index contributed by atoms with van der Waals surface area (Å²) in [5.74, 6) is 0.425. The van der Waals surface area contributed by atoms with Crippen molar-refractivity contribution in [3.63, 3.8) is 0 Å². The predicted molar refractivity (Wildman–Crippen MR) is 82.4 cm³/mol. The molecule has 0 radical (unpaired) electrons. The second-order valence-electron chi connectivity index (χ2n) is 5.18. The summed E-state index contributed by atoms with van der Waals surface area (Å²) in [5, 5.41) is 12.4. The fourth-order valence-electron chi connectivity index (χ4n) is 2.22. The van der Waals surface area contributed by atoms with E-state index in [2.05, 4.69) is 49.5 Å². The summed E-state index contributed by atoms with van der Waals surface area (Å²) in [7, 11) is 0. The Morgan fingerprint density at radius 1 is 0.950 bits per heavy atom. The molecule has 0 saturated heterocycles. The summed E-state index contributed by atoms with van der Waals surface area (Å²) in [4.78, 5) is 0. The van der Waals surface area contributed by atoms with Gasteiger partial charge in [-0.2, -0.15) is 5.26 Å². The van der Waals surface area contributed by atoms with Gasteiger partial charge in [0.2, 0.25) is 0 Å². The molecular formula is C18H20N2.